The van der Waals surface area contributed by atoms with Gasteiger partial charge in [0.15, 0.2) is 0 Å². The van der Waals surface area contributed by atoms with Crippen LogP contribution in [-0.4, -0.2) is 54.8 Å². The van der Waals surface area contributed by atoms with Gasteiger partial charge in [-0.2, -0.15) is 4.31 Å². The molecule has 0 aromatic heterocycles. The van der Waals surface area contributed by atoms with Crippen LogP contribution in [0.15, 0.2) is 23.1 Å². The summed E-state index contributed by atoms with van der Waals surface area (Å²) in [5.74, 6) is 0. The van der Waals surface area contributed by atoms with Crippen LogP contribution in [0, 0.1) is 17.0 Å². The SMILES string of the molecule is Cc1c([N+](=O)[O-])cccc1S(=O)(=O)N1CCCC1CN1CCCC1. The maximum Gasteiger partial charge on any atom is 0.273 e. The summed E-state index contributed by atoms with van der Waals surface area (Å²) in [5.41, 5.74) is 0.0701. The van der Waals surface area contributed by atoms with Crippen LogP contribution < -0.4 is 0 Å². The molecular formula is C16H23N3O4S. The van der Waals surface area contributed by atoms with Crippen LogP contribution >= 0.6 is 0 Å². The first-order valence-electron chi connectivity index (χ1n) is 8.39. The molecule has 1 aromatic carbocycles. The first-order chi connectivity index (χ1) is 11.4. The zero-order chi connectivity index (χ0) is 17.3. The van der Waals surface area contributed by atoms with E-state index in [4.69, 9.17) is 0 Å². The highest BCUT2D eigenvalue weighted by molar-refractivity contribution is 7.89. The average Bonchev–Trinajstić information content (AvgIpc) is 3.19. The zero-order valence-corrected chi connectivity index (χ0v) is 14.7. The fourth-order valence-electron chi connectivity index (χ4n) is 3.78. The predicted octanol–water partition coefficient (Wildman–Crippen LogP) is 2.15. The summed E-state index contributed by atoms with van der Waals surface area (Å²) >= 11 is 0. The normalized spacial score (nSPS) is 23.0. The third-order valence-electron chi connectivity index (χ3n) is 5.03. The number of hydrogen-bond donors (Lipinski definition) is 0. The van der Waals surface area contributed by atoms with Crippen LogP contribution in [0.2, 0.25) is 0 Å². The largest absolute Gasteiger partial charge is 0.302 e. The van der Waals surface area contributed by atoms with Crippen molar-refractivity contribution in [3.8, 4) is 0 Å². The van der Waals surface area contributed by atoms with Gasteiger partial charge >= 0.3 is 0 Å². The van der Waals surface area contributed by atoms with Crippen molar-refractivity contribution in [3.63, 3.8) is 0 Å². The summed E-state index contributed by atoms with van der Waals surface area (Å²) in [5, 5.41) is 11.1. The molecule has 0 spiro atoms. The topological polar surface area (TPSA) is 83.8 Å². The number of benzene rings is 1. The molecule has 2 aliphatic heterocycles. The van der Waals surface area contributed by atoms with E-state index in [1.54, 1.807) is 4.31 Å². The molecule has 0 N–H and O–H groups in total. The van der Waals surface area contributed by atoms with Gasteiger partial charge in [0.2, 0.25) is 10.0 Å². The maximum atomic E-state index is 13.1. The second-order valence-electron chi connectivity index (χ2n) is 6.58. The Kier molecular flexibility index (Phi) is 4.89. The smallest absolute Gasteiger partial charge is 0.273 e. The highest BCUT2D eigenvalue weighted by atomic mass is 32.2. The van der Waals surface area contributed by atoms with E-state index in [1.807, 2.05) is 0 Å². The molecule has 7 nitrogen and oxygen atoms in total. The van der Waals surface area contributed by atoms with Gasteiger partial charge < -0.3 is 4.90 Å². The lowest BCUT2D eigenvalue weighted by atomic mass is 10.2. The molecular weight excluding hydrogens is 330 g/mol. The van der Waals surface area contributed by atoms with Gasteiger partial charge in [-0.15, -0.1) is 0 Å². The van der Waals surface area contributed by atoms with Gasteiger partial charge in [0.05, 0.1) is 9.82 Å². The Balaban J connectivity index is 1.89. The molecule has 2 fully saturated rings. The molecule has 1 atom stereocenters. The van der Waals surface area contributed by atoms with Crippen LogP contribution in [-0.2, 0) is 10.0 Å². The van der Waals surface area contributed by atoms with Gasteiger partial charge in [0.1, 0.15) is 0 Å². The quantitative estimate of drug-likeness (QED) is 0.598. The van der Waals surface area contributed by atoms with Gasteiger partial charge in [-0.3, -0.25) is 10.1 Å². The van der Waals surface area contributed by atoms with E-state index < -0.39 is 14.9 Å². The summed E-state index contributed by atoms with van der Waals surface area (Å²) in [6, 6.07) is 4.23. The summed E-state index contributed by atoms with van der Waals surface area (Å²) in [7, 11) is -3.71. The lowest BCUT2D eigenvalue weighted by Crippen LogP contribution is -2.42. The third-order valence-corrected chi connectivity index (χ3v) is 7.13. The molecule has 0 bridgehead atoms. The van der Waals surface area contributed by atoms with Crippen molar-refractivity contribution in [2.24, 2.45) is 0 Å². The first-order valence-corrected chi connectivity index (χ1v) is 9.83. The Hall–Kier alpha value is -1.51. The summed E-state index contributed by atoms with van der Waals surface area (Å²) < 4.78 is 27.8. The van der Waals surface area contributed by atoms with E-state index in [9.17, 15) is 18.5 Å². The highest BCUT2D eigenvalue weighted by Gasteiger charge is 2.38. The monoisotopic (exact) mass is 353 g/mol. The molecule has 0 amide bonds. The number of hydrogen-bond acceptors (Lipinski definition) is 5. The summed E-state index contributed by atoms with van der Waals surface area (Å²) in [6.07, 6.45) is 4.03. The number of nitro benzene ring substituents is 1. The molecule has 0 aliphatic carbocycles. The minimum Gasteiger partial charge on any atom is -0.302 e. The van der Waals surface area contributed by atoms with Crippen LogP contribution in [0.5, 0.6) is 0 Å². The van der Waals surface area contributed by atoms with Gasteiger partial charge in [-0.05, 0) is 51.8 Å². The fourth-order valence-corrected chi connectivity index (χ4v) is 5.71. The predicted molar refractivity (Wildman–Crippen MR) is 90.4 cm³/mol. The summed E-state index contributed by atoms with van der Waals surface area (Å²) in [6.45, 7) is 4.81. The van der Waals surface area contributed by atoms with Crippen LogP contribution in [0.4, 0.5) is 5.69 Å². The van der Waals surface area contributed by atoms with Crippen molar-refractivity contribution >= 4 is 15.7 Å². The third kappa shape index (κ3) is 3.18. The number of sulfonamides is 1. The van der Waals surface area contributed by atoms with Crippen molar-refractivity contribution in [1.82, 2.24) is 9.21 Å². The minimum absolute atomic E-state index is 0.0354. The van der Waals surface area contributed by atoms with Crippen molar-refractivity contribution in [1.29, 1.82) is 0 Å². The Bertz CT molecular complexity index is 729. The number of nitrogens with zero attached hydrogens (tertiary/aromatic N) is 3. The molecule has 132 valence electrons. The molecule has 1 unspecified atom stereocenters. The van der Waals surface area contributed by atoms with E-state index in [0.717, 1.165) is 32.5 Å². The molecule has 0 radical (unpaired) electrons. The standard InChI is InChI=1S/C16H23N3O4S/c1-13-15(19(20)21)7-4-8-16(13)24(22,23)18-11-5-6-14(18)12-17-9-2-3-10-17/h4,7-8,14H,2-3,5-6,9-12H2,1H3. The van der Waals surface area contributed by atoms with E-state index in [0.29, 0.717) is 6.54 Å². The number of rotatable bonds is 5. The molecule has 2 aliphatic rings. The van der Waals surface area contributed by atoms with Crippen LogP contribution in [0.1, 0.15) is 31.2 Å². The fraction of sp³-hybridized carbons (Fsp3) is 0.625. The van der Waals surface area contributed by atoms with Crippen LogP contribution in [0.3, 0.4) is 0 Å². The van der Waals surface area contributed by atoms with Crippen molar-refractivity contribution < 1.29 is 13.3 Å². The van der Waals surface area contributed by atoms with Gasteiger partial charge in [0, 0.05) is 30.8 Å². The Morgan fingerprint density at radius 2 is 1.92 bits per heavy atom. The molecule has 3 rings (SSSR count). The molecule has 24 heavy (non-hydrogen) atoms. The molecule has 8 heteroatoms. The van der Waals surface area contributed by atoms with Gasteiger partial charge in [-0.1, -0.05) is 6.07 Å². The second kappa shape index (κ2) is 6.78. The number of likely N-dealkylation sites (tertiary alicyclic amines) is 1. The van der Waals surface area contributed by atoms with E-state index in [1.165, 1.54) is 38.0 Å². The molecule has 1 aromatic rings. The highest BCUT2D eigenvalue weighted by Crippen LogP contribution is 2.31. The lowest BCUT2D eigenvalue weighted by Gasteiger charge is -2.28. The average molecular weight is 353 g/mol. The zero-order valence-electron chi connectivity index (χ0n) is 13.8. The molecule has 0 saturated carbocycles. The maximum absolute atomic E-state index is 13.1. The van der Waals surface area contributed by atoms with Crippen molar-refractivity contribution in [3.05, 3.63) is 33.9 Å². The second-order valence-corrected chi connectivity index (χ2v) is 8.44. The Morgan fingerprint density at radius 1 is 1.21 bits per heavy atom. The Labute approximate surface area is 142 Å². The molecule has 2 saturated heterocycles. The molecule has 2 heterocycles. The Morgan fingerprint density at radius 3 is 2.58 bits per heavy atom. The van der Waals surface area contributed by atoms with E-state index >= 15 is 0 Å². The lowest BCUT2D eigenvalue weighted by molar-refractivity contribution is -0.385. The summed E-state index contributed by atoms with van der Waals surface area (Å²) in [4.78, 5) is 13.0. The van der Waals surface area contributed by atoms with Crippen LogP contribution in [0.25, 0.3) is 0 Å². The van der Waals surface area contributed by atoms with Crippen molar-refractivity contribution in [2.75, 3.05) is 26.2 Å². The van der Waals surface area contributed by atoms with Crippen molar-refractivity contribution in [2.45, 2.75) is 43.5 Å². The van der Waals surface area contributed by atoms with E-state index in [-0.39, 0.29) is 22.2 Å². The number of nitro groups is 1. The minimum atomic E-state index is -3.71. The van der Waals surface area contributed by atoms with Gasteiger partial charge in [-0.25, -0.2) is 8.42 Å². The van der Waals surface area contributed by atoms with E-state index in [2.05, 4.69) is 4.90 Å². The van der Waals surface area contributed by atoms with Gasteiger partial charge in [0.25, 0.3) is 5.69 Å². The first kappa shape index (κ1) is 17.3.